The summed E-state index contributed by atoms with van der Waals surface area (Å²) in [6, 6.07) is 16.8. The van der Waals surface area contributed by atoms with E-state index in [1.807, 2.05) is 30.4 Å². The molecule has 0 aromatic heterocycles. The second-order valence-corrected chi connectivity index (χ2v) is 4.87. The molecule has 0 N–H and O–H groups in total. The molecule has 2 aromatic carbocycles. The van der Waals surface area contributed by atoms with Crippen molar-refractivity contribution >= 4 is 22.9 Å². The first-order valence-electron chi connectivity index (χ1n) is 6.80. The first kappa shape index (κ1) is 14.1. The average molecular weight is 260 g/mol. The average Bonchev–Trinajstić information content (AvgIpc) is 2.45. The number of hydrogen-bond acceptors (Lipinski definition) is 0. The second kappa shape index (κ2) is 6.21. The van der Waals surface area contributed by atoms with Crippen molar-refractivity contribution in [2.75, 3.05) is 0 Å². The zero-order chi connectivity index (χ0) is 14.5. The Morgan fingerprint density at radius 1 is 0.700 bits per heavy atom. The molecule has 0 spiro atoms. The third-order valence-electron chi connectivity index (χ3n) is 3.54. The fourth-order valence-electron chi connectivity index (χ4n) is 2.51. The molecule has 0 aliphatic rings. The highest BCUT2D eigenvalue weighted by molar-refractivity contribution is 5.96. The van der Waals surface area contributed by atoms with Crippen LogP contribution >= 0.6 is 0 Å². The monoisotopic (exact) mass is 260 g/mol. The first-order valence-corrected chi connectivity index (χ1v) is 6.80. The van der Waals surface area contributed by atoms with Gasteiger partial charge in [0.05, 0.1) is 0 Å². The van der Waals surface area contributed by atoms with E-state index >= 15 is 0 Å². The Morgan fingerprint density at radius 3 is 1.95 bits per heavy atom. The van der Waals surface area contributed by atoms with Gasteiger partial charge in [0.15, 0.2) is 0 Å². The summed E-state index contributed by atoms with van der Waals surface area (Å²) < 4.78 is 0. The van der Waals surface area contributed by atoms with Crippen LogP contribution in [0.2, 0.25) is 0 Å². The van der Waals surface area contributed by atoms with Crippen molar-refractivity contribution in [2.45, 2.75) is 13.8 Å². The molecular formula is C20H20. The SMILES string of the molecule is C=Cc1c(C)cc2c(C)cccccccc2c1C=C. The van der Waals surface area contributed by atoms with Crippen LogP contribution in [0.25, 0.3) is 22.9 Å². The zero-order valence-electron chi connectivity index (χ0n) is 12.2. The molecule has 0 amide bonds. The topological polar surface area (TPSA) is 0 Å². The molecule has 0 aliphatic heterocycles. The fourth-order valence-corrected chi connectivity index (χ4v) is 2.51. The molecule has 0 fully saturated rings. The summed E-state index contributed by atoms with van der Waals surface area (Å²) in [4.78, 5) is 0. The van der Waals surface area contributed by atoms with Gasteiger partial charge in [0.2, 0.25) is 0 Å². The van der Waals surface area contributed by atoms with Crippen LogP contribution in [0, 0.1) is 13.8 Å². The minimum absolute atomic E-state index is 1.15. The van der Waals surface area contributed by atoms with Crippen molar-refractivity contribution in [2.24, 2.45) is 0 Å². The van der Waals surface area contributed by atoms with Gasteiger partial charge in [-0.15, -0.1) is 0 Å². The summed E-state index contributed by atoms with van der Waals surface area (Å²) in [5.41, 5.74) is 4.79. The molecular weight excluding hydrogens is 240 g/mol. The molecule has 2 aromatic rings. The summed E-state index contributed by atoms with van der Waals surface area (Å²) in [6.45, 7) is 12.2. The van der Waals surface area contributed by atoms with Crippen LogP contribution < -0.4 is 0 Å². The Morgan fingerprint density at radius 2 is 1.30 bits per heavy atom. The number of rotatable bonds is 2. The maximum atomic E-state index is 3.98. The van der Waals surface area contributed by atoms with Gasteiger partial charge in [0, 0.05) is 0 Å². The summed E-state index contributed by atoms with van der Waals surface area (Å²) in [5, 5.41) is 2.45. The van der Waals surface area contributed by atoms with Crippen molar-refractivity contribution in [1.29, 1.82) is 0 Å². The highest BCUT2D eigenvalue weighted by Crippen LogP contribution is 2.28. The van der Waals surface area contributed by atoms with Crippen LogP contribution in [-0.4, -0.2) is 0 Å². The molecule has 0 bridgehead atoms. The van der Waals surface area contributed by atoms with E-state index in [4.69, 9.17) is 0 Å². The molecule has 0 heteroatoms. The van der Waals surface area contributed by atoms with E-state index in [1.54, 1.807) is 0 Å². The summed E-state index contributed by atoms with van der Waals surface area (Å²) >= 11 is 0. The third-order valence-corrected chi connectivity index (χ3v) is 3.54. The quantitative estimate of drug-likeness (QED) is 0.633. The van der Waals surface area contributed by atoms with E-state index in [-0.39, 0.29) is 0 Å². The van der Waals surface area contributed by atoms with Gasteiger partial charge >= 0.3 is 0 Å². The smallest absolute Gasteiger partial charge is 0.0103 e. The van der Waals surface area contributed by atoms with Crippen LogP contribution in [0.4, 0.5) is 0 Å². The van der Waals surface area contributed by atoms with Crippen molar-refractivity contribution in [1.82, 2.24) is 0 Å². The Hall–Kier alpha value is -2.34. The van der Waals surface area contributed by atoms with Crippen molar-refractivity contribution in [3.63, 3.8) is 0 Å². The van der Waals surface area contributed by atoms with Crippen LogP contribution in [-0.2, 0) is 0 Å². The normalized spacial score (nSPS) is 9.90. The molecule has 0 saturated carbocycles. The molecule has 0 aliphatic carbocycles. The minimum Gasteiger partial charge on any atom is -0.0984 e. The van der Waals surface area contributed by atoms with Crippen molar-refractivity contribution < 1.29 is 0 Å². The molecule has 100 valence electrons. The Bertz CT molecular complexity index is 719. The molecule has 0 saturated heterocycles. The first-order chi connectivity index (χ1) is 9.69. The zero-order valence-corrected chi connectivity index (χ0v) is 12.2. The largest absolute Gasteiger partial charge is 0.0984 e. The number of fused-ring (bicyclic) bond motifs is 1. The standard InChI is InChI=1S/C20H20/c1-5-17-16(4)14-20-15(3)12-10-8-7-9-11-13-19(20)18(17)6-2/h5-14H,1-2H2,3-4H3. The number of aryl methyl sites for hydroxylation is 2. The van der Waals surface area contributed by atoms with Gasteiger partial charge < -0.3 is 0 Å². The van der Waals surface area contributed by atoms with E-state index in [9.17, 15) is 0 Å². The minimum atomic E-state index is 1.15. The molecule has 20 heavy (non-hydrogen) atoms. The summed E-state index contributed by atoms with van der Waals surface area (Å²) in [7, 11) is 0. The summed E-state index contributed by atoms with van der Waals surface area (Å²) in [6.07, 6.45) is 3.83. The number of benzene rings is 1. The van der Waals surface area contributed by atoms with Crippen LogP contribution in [0.5, 0.6) is 0 Å². The van der Waals surface area contributed by atoms with Crippen molar-refractivity contribution in [3.8, 4) is 0 Å². The fraction of sp³-hybridized carbons (Fsp3) is 0.100. The molecule has 0 atom stereocenters. The van der Waals surface area contributed by atoms with Crippen molar-refractivity contribution in [3.05, 3.63) is 83.9 Å². The molecule has 0 nitrogen and oxygen atoms in total. The maximum absolute atomic E-state index is 3.98. The molecule has 0 unspecified atom stereocenters. The maximum Gasteiger partial charge on any atom is -0.0103 e. The Balaban J connectivity index is 3.08. The van der Waals surface area contributed by atoms with Gasteiger partial charge in [-0.05, 0) is 46.9 Å². The lowest BCUT2D eigenvalue weighted by Gasteiger charge is -2.10. The molecule has 0 radical (unpaired) electrons. The van der Waals surface area contributed by atoms with Gasteiger partial charge in [0.1, 0.15) is 0 Å². The van der Waals surface area contributed by atoms with E-state index in [0.717, 1.165) is 11.1 Å². The van der Waals surface area contributed by atoms with Crippen LogP contribution in [0.15, 0.2) is 61.7 Å². The highest BCUT2D eigenvalue weighted by atomic mass is 14.1. The lowest BCUT2D eigenvalue weighted by atomic mass is 9.94. The lowest BCUT2D eigenvalue weighted by Crippen LogP contribution is -1.89. The van der Waals surface area contributed by atoms with E-state index < -0.39 is 0 Å². The Labute approximate surface area is 121 Å². The van der Waals surface area contributed by atoms with E-state index in [0.29, 0.717) is 0 Å². The van der Waals surface area contributed by atoms with Gasteiger partial charge in [0.25, 0.3) is 0 Å². The second-order valence-electron chi connectivity index (χ2n) is 4.87. The predicted molar refractivity (Wildman–Crippen MR) is 91.2 cm³/mol. The Kier molecular flexibility index (Phi) is 4.37. The molecule has 2 rings (SSSR count). The third kappa shape index (κ3) is 2.65. The van der Waals surface area contributed by atoms with E-state index in [1.165, 1.54) is 21.9 Å². The number of hydrogen-bond donors (Lipinski definition) is 0. The van der Waals surface area contributed by atoms with Gasteiger partial charge in [-0.25, -0.2) is 0 Å². The lowest BCUT2D eigenvalue weighted by molar-refractivity contribution is 1.44. The van der Waals surface area contributed by atoms with Gasteiger partial charge in [-0.2, -0.15) is 0 Å². The molecule has 0 heterocycles. The van der Waals surface area contributed by atoms with E-state index in [2.05, 4.69) is 57.3 Å². The van der Waals surface area contributed by atoms with Crippen LogP contribution in [0.3, 0.4) is 0 Å². The predicted octanol–water partition coefficient (Wildman–Crippen LogP) is 5.87. The van der Waals surface area contributed by atoms with Gasteiger partial charge in [-0.1, -0.05) is 73.8 Å². The highest BCUT2D eigenvalue weighted by Gasteiger charge is 2.06. The summed E-state index contributed by atoms with van der Waals surface area (Å²) in [5.74, 6) is 0. The van der Waals surface area contributed by atoms with Crippen LogP contribution in [0.1, 0.15) is 22.3 Å². The van der Waals surface area contributed by atoms with Gasteiger partial charge in [-0.3, -0.25) is 0 Å².